The Morgan fingerprint density at radius 3 is 2.45 bits per heavy atom. The topological polar surface area (TPSA) is 64.4 Å². The van der Waals surface area contributed by atoms with Crippen molar-refractivity contribution in [2.24, 2.45) is 11.8 Å². The van der Waals surface area contributed by atoms with Crippen molar-refractivity contribution in [3.8, 4) is 22.4 Å². The fourth-order valence-electron chi connectivity index (χ4n) is 4.76. The van der Waals surface area contributed by atoms with Crippen LogP contribution in [0.15, 0.2) is 48.5 Å². The van der Waals surface area contributed by atoms with Gasteiger partial charge in [0.2, 0.25) is 0 Å². The van der Waals surface area contributed by atoms with Crippen LogP contribution in [0.1, 0.15) is 31.4 Å². The first kappa shape index (κ1) is 23.1. The van der Waals surface area contributed by atoms with Crippen LogP contribution in [-0.4, -0.2) is 34.1 Å². The molecule has 5 nitrogen and oxygen atoms in total. The molecule has 3 aromatic rings. The van der Waals surface area contributed by atoms with Crippen LogP contribution in [0.3, 0.4) is 0 Å². The number of aryl methyl sites for hydroxylation is 1. The van der Waals surface area contributed by atoms with Crippen LogP contribution in [0.5, 0.6) is 0 Å². The van der Waals surface area contributed by atoms with Crippen LogP contribution in [0.2, 0.25) is 0 Å². The molecule has 2 aromatic carbocycles. The molecule has 1 N–H and O–H groups in total. The van der Waals surface area contributed by atoms with E-state index in [9.17, 15) is 13.6 Å². The number of carbonyl (C=O) groups is 1. The summed E-state index contributed by atoms with van der Waals surface area (Å²) in [6, 6.07) is 13.4. The Morgan fingerprint density at radius 2 is 1.79 bits per heavy atom. The van der Waals surface area contributed by atoms with E-state index in [4.69, 9.17) is 14.9 Å². The number of carboxylic acid groups (broad SMARTS) is 1. The number of nitrogens with zero attached hydrogens (tertiary/aromatic N) is 2. The van der Waals surface area contributed by atoms with Crippen LogP contribution < -0.4 is 0 Å². The molecular weight excluding hydrogens is 426 g/mol. The van der Waals surface area contributed by atoms with Gasteiger partial charge in [-0.05, 0) is 56.6 Å². The third-order valence-corrected chi connectivity index (χ3v) is 6.35. The number of rotatable bonds is 8. The maximum Gasteiger partial charge on any atom is 0.329 e. The Balaban J connectivity index is 1.57. The summed E-state index contributed by atoms with van der Waals surface area (Å²) in [7, 11) is 0. The van der Waals surface area contributed by atoms with E-state index in [2.05, 4.69) is 0 Å². The molecule has 0 saturated heterocycles. The van der Waals surface area contributed by atoms with E-state index in [0.29, 0.717) is 41.8 Å². The Kier molecular flexibility index (Phi) is 7.18. The lowest BCUT2D eigenvalue weighted by Crippen LogP contribution is -2.23. The van der Waals surface area contributed by atoms with Crippen molar-refractivity contribution in [3.05, 3.63) is 65.9 Å². The van der Waals surface area contributed by atoms with Crippen molar-refractivity contribution < 1.29 is 23.4 Å². The molecule has 0 bridgehead atoms. The lowest BCUT2D eigenvalue weighted by atomic mass is 9.82. The summed E-state index contributed by atoms with van der Waals surface area (Å²) < 4.78 is 35.5. The molecule has 0 amide bonds. The summed E-state index contributed by atoms with van der Waals surface area (Å²) >= 11 is 0. The molecule has 0 radical (unpaired) electrons. The lowest BCUT2D eigenvalue weighted by Gasteiger charge is -2.28. The highest BCUT2D eigenvalue weighted by Gasteiger charge is 2.26. The van der Waals surface area contributed by atoms with Gasteiger partial charge in [-0.1, -0.05) is 30.3 Å². The van der Waals surface area contributed by atoms with Gasteiger partial charge >= 0.3 is 5.97 Å². The highest BCUT2D eigenvalue weighted by molar-refractivity contribution is 5.83. The van der Waals surface area contributed by atoms with Crippen molar-refractivity contribution in [3.63, 3.8) is 0 Å². The number of ether oxygens (including phenoxy) is 1. The molecule has 1 saturated carbocycles. The van der Waals surface area contributed by atoms with Gasteiger partial charge in [0.15, 0.2) is 0 Å². The molecule has 0 spiro atoms. The molecule has 1 aliphatic rings. The fraction of sp³-hybridized carbons (Fsp3) is 0.385. The van der Waals surface area contributed by atoms with Crippen molar-refractivity contribution >= 4 is 5.97 Å². The Hall–Kier alpha value is -3.06. The van der Waals surface area contributed by atoms with Crippen LogP contribution >= 0.6 is 0 Å². The van der Waals surface area contributed by atoms with Gasteiger partial charge in [0.05, 0.1) is 18.0 Å². The standard InChI is InChI=1S/C26H28F2N2O3/c1-17-25(22-12-11-21(27)13-23(22)28)26(20-5-3-2-4-6-20)30(29-17)14-18-7-9-19(10-8-18)15-33-16-24(31)32/h2-6,11-13,18-19H,7-10,14-16H2,1H3,(H,31,32)/t18-,19+. The molecular formula is C26H28F2N2O3. The smallest absolute Gasteiger partial charge is 0.329 e. The van der Waals surface area contributed by atoms with E-state index >= 15 is 0 Å². The zero-order chi connectivity index (χ0) is 23.4. The summed E-state index contributed by atoms with van der Waals surface area (Å²) in [5.74, 6) is -1.37. The second-order valence-corrected chi connectivity index (χ2v) is 8.78. The molecule has 0 aliphatic heterocycles. The van der Waals surface area contributed by atoms with Crippen molar-refractivity contribution in [2.45, 2.75) is 39.2 Å². The third kappa shape index (κ3) is 5.47. The monoisotopic (exact) mass is 454 g/mol. The van der Waals surface area contributed by atoms with E-state index in [-0.39, 0.29) is 6.61 Å². The van der Waals surface area contributed by atoms with Crippen LogP contribution in [0.25, 0.3) is 22.4 Å². The molecule has 1 aliphatic carbocycles. The number of hydrogen-bond acceptors (Lipinski definition) is 3. The summed E-state index contributed by atoms with van der Waals surface area (Å²) in [4.78, 5) is 10.6. The van der Waals surface area contributed by atoms with E-state index < -0.39 is 17.6 Å². The average Bonchev–Trinajstić information content (AvgIpc) is 3.10. The number of benzene rings is 2. The molecule has 1 fully saturated rings. The van der Waals surface area contributed by atoms with Crippen molar-refractivity contribution in [1.82, 2.24) is 9.78 Å². The van der Waals surface area contributed by atoms with Gasteiger partial charge in [-0.2, -0.15) is 5.10 Å². The van der Waals surface area contributed by atoms with E-state index in [1.54, 1.807) is 0 Å². The molecule has 4 rings (SSSR count). The number of aliphatic carboxylic acids is 1. The van der Waals surface area contributed by atoms with Gasteiger partial charge in [-0.25, -0.2) is 13.6 Å². The number of hydrogen-bond donors (Lipinski definition) is 1. The zero-order valence-corrected chi connectivity index (χ0v) is 18.6. The Bertz CT molecular complexity index is 1110. The molecule has 0 atom stereocenters. The first-order chi connectivity index (χ1) is 15.9. The van der Waals surface area contributed by atoms with Gasteiger partial charge in [0, 0.05) is 29.3 Å². The minimum absolute atomic E-state index is 0.254. The SMILES string of the molecule is Cc1nn(C[C@H]2CC[C@@H](COCC(=O)O)CC2)c(-c2ccccc2)c1-c1ccc(F)cc1F. The molecule has 33 heavy (non-hydrogen) atoms. The van der Waals surface area contributed by atoms with Gasteiger partial charge in [0.1, 0.15) is 18.2 Å². The first-order valence-corrected chi connectivity index (χ1v) is 11.3. The Labute approximate surface area is 192 Å². The van der Waals surface area contributed by atoms with E-state index in [1.807, 2.05) is 41.9 Å². The predicted octanol–water partition coefficient (Wildman–Crippen LogP) is 5.71. The van der Waals surface area contributed by atoms with E-state index in [0.717, 1.165) is 43.0 Å². The van der Waals surface area contributed by atoms with Gasteiger partial charge < -0.3 is 9.84 Å². The summed E-state index contributed by atoms with van der Waals surface area (Å²) in [6.07, 6.45) is 3.94. The summed E-state index contributed by atoms with van der Waals surface area (Å²) in [5.41, 5.74) is 3.51. The lowest BCUT2D eigenvalue weighted by molar-refractivity contribution is -0.142. The second kappa shape index (κ2) is 10.3. The fourth-order valence-corrected chi connectivity index (χ4v) is 4.76. The second-order valence-electron chi connectivity index (χ2n) is 8.78. The number of aromatic nitrogens is 2. The molecule has 0 unspecified atom stereocenters. The minimum Gasteiger partial charge on any atom is -0.480 e. The largest absolute Gasteiger partial charge is 0.480 e. The average molecular weight is 455 g/mol. The van der Waals surface area contributed by atoms with Crippen LogP contribution in [0.4, 0.5) is 8.78 Å². The van der Waals surface area contributed by atoms with Crippen molar-refractivity contribution in [1.29, 1.82) is 0 Å². The number of carboxylic acids is 1. The van der Waals surface area contributed by atoms with Gasteiger partial charge in [-0.15, -0.1) is 0 Å². The summed E-state index contributed by atoms with van der Waals surface area (Å²) in [5, 5.41) is 13.5. The molecule has 174 valence electrons. The molecule has 7 heteroatoms. The minimum atomic E-state index is -0.945. The Morgan fingerprint density at radius 1 is 1.09 bits per heavy atom. The predicted molar refractivity (Wildman–Crippen MR) is 122 cm³/mol. The molecule has 1 heterocycles. The normalized spacial score (nSPS) is 18.4. The molecule has 1 aromatic heterocycles. The van der Waals surface area contributed by atoms with Crippen LogP contribution in [0, 0.1) is 30.4 Å². The highest BCUT2D eigenvalue weighted by Crippen LogP contribution is 2.38. The van der Waals surface area contributed by atoms with Crippen LogP contribution in [-0.2, 0) is 16.1 Å². The number of halogens is 2. The quantitative estimate of drug-likeness (QED) is 0.473. The zero-order valence-electron chi connectivity index (χ0n) is 18.6. The first-order valence-electron chi connectivity index (χ1n) is 11.3. The maximum atomic E-state index is 14.7. The maximum absolute atomic E-state index is 14.7. The van der Waals surface area contributed by atoms with Gasteiger partial charge in [0.25, 0.3) is 0 Å². The highest BCUT2D eigenvalue weighted by atomic mass is 19.1. The van der Waals surface area contributed by atoms with E-state index in [1.165, 1.54) is 12.1 Å². The summed E-state index contributed by atoms with van der Waals surface area (Å²) in [6.45, 7) is 2.78. The van der Waals surface area contributed by atoms with Crippen molar-refractivity contribution in [2.75, 3.05) is 13.2 Å². The van der Waals surface area contributed by atoms with Gasteiger partial charge in [-0.3, -0.25) is 4.68 Å². The third-order valence-electron chi connectivity index (χ3n) is 6.35.